The van der Waals surface area contributed by atoms with E-state index in [1.807, 2.05) is 0 Å². The van der Waals surface area contributed by atoms with Gasteiger partial charge >= 0.3 is 0 Å². The molecule has 1 aromatic carbocycles. The number of hydrogen-bond acceptors (Lipinski definition) is 5. The lowest BCUT2D eigenvalue weighted by atomic mass is 10.2. The third kappa shape index (κ3) is 3.73. The number of aromatic amines is 1. The molecule has 7 heteroatoms. The molecule has 22 heavy (non-hydrogen) atoms. The molecule has 2 aromatic rings. The standard InChI is InChI=1S/C15H18N2O4S/c18-14(16-5-1-6-20-11-4-7-19-9-11)10-2-3-12-13(8-10)21-15(22)17-12/h2-3,8,11H,1,4-7,9H2,(H,16,18)(H,17,22)/t11-/m0/s1. The normalized spacial score (nSPS) is 17.9. The van der Waals surface area contributed by atoms with Crippen molar-refractivity contribution in [3.63, 3.8) is 0 Å². The molecular weight excluding hydrogens is 304 g/mol. The predicted octanol–water partition coefficient (Wildman–Crippen LogP) is 2.42. The highest BCUT2D eigenvalue weighted by Gasteiger charge is 2.15. The molecule has 0 bridgehead atoms. The second-order valence-electron chi connectivity index (χ2n) is 5.19. The van der Waals surface area contributed by atoms with Crippen LogP contribution in [0.2, 0.25) is 0 Å². The fourth-order valence-electron chi connectivity index (χ4n) is 2.36. The SMILES string of the molecule is O=C(NCCCO[C@H]1CCOC1)c1ccc2[nH]c(=S)oc2c1. The van der Waals surface area contributed by atoms with E-state index in [2.05, 4.69) is 10.3 Å². The van der Waals surface area contributed by atoms with Crippen LogP contribution in [0.5, 0.6) is 0 Å². The Balaban J connectivity index is 1.45. The summed E-state index contributed by atoms with van der Waals surface area (Å²) in [6, 6.07) is 5.21. The lowest BCUT2D eigenvalue weighted by Gasteiger charge is -2.10. The minimum absolute atomic E-state index is 0.131. The molecule has 1 atom stereocenters. The van der Waals surface area contributed by atoms with Crippen molar-refractivity contribution in [2.75, 3.05) is 26.4 Å². The number of benzene rings is 1. The van der Waals surface area contributed by atoms with E-state index in [4.69, 9.17) is 26.1 Å². The molecule has 1 aromatic heterocycles. The Morgan fingerprint density at radius 3 is 3.23 bits per heavy atom. The molecule has 1 aliphatic rings. The van der Waals surface area contributed by atoms with Crippen molar-refractivity contribution in [1.82, 2.24) is 10.3 Å². The van der Waals surface area contributed by atoms with Gasteiger partial charge in [-0.2, -0.15) is 0 Å². The maximum atomic E-state index is 12.1. The first-order valence-corrected chi connectivity index (χ1v) is 7.73. The minimum atomic E-state index is -0.131. The number of rotatable bonds is 6. The Bertz CT molecular complexity index is 703. The maximum absolute atomic E-state index is 12.1. The van der Waals surface area contributed by atoms with Gasteiger partial charge in [-0.1, -0.05) is 0 Å². The van der Waals surface area contributed by atoms with Gasteiger partial charge in [-0.15, -0.1) is 0 Å². The van der Waals surface area contributed by atoms with Crippen molar-refractivity contribution in [2.24, 2.45) is 0 Å². The van der Waals surface area contributed by atoms with E-state index < -0.39 is 0 Å². The number of carbonyl (C=O) groups is 1. The van der Waals surface area contributed by atoms with Gasteiger partial charge in [-0.25, -0.2) is 0 Å². The highest BCUT2D eigenvalue weighted by molar-refractivity contribution is 7.71. The number of amides is 1. The van der Waals surface area contributed by atoms with Crippen LogP contribution in [0.15, 0.2) is 22.6 Å². The summed E-state index contributed by atoms with van der Waals surface area (Å²) in [6.45, 7) is 2.65. The average molecular weight is 322 g/mol. The number of fused-ring (bicyclic) bond motifs is 1. The molecule has 1 amide bonds. The quantitative estimate of drug-likeness (QED) is 0.631. The molecule has 118 valence electrons. The molecule has 0 spiro atoms. The van der Waals surface area contributed by atoms with Crippen molar-refractivity contribution in [2.45, 2.75) is 18.9 Å². The summed E-state index contributed by atoms with van der Waals surface area (Å²) < 4.78 is 16.2. The average Bonchev–Trinajstić information content (AvgIpc) is 3.13. The number of aromatic nitrogens is 1. The minimum Gasteiger partial charge on any atom is -0.429 e. The van der Waals surface area contributed by atoms with Crippen LogP contribution in [-0.2, 0) is 9.47 Å². The Morgan fingerprint density at radius 2 is 2.41 bits per heavy atom. The molecular formula is C15H18N2O4S. The molecule has 2 N–H and O–H groups in total. The summed E-state index contributed by atoms with van der Waals surface area (Å²) >= 11 is 4.92. The van der Waals surface area contributed by atoms with Crippen molar-refractivity contribution >= 4 is 29.2 Å². The Hall–Kier alpha value is -1.70. The fraction of sp³-hybridized carbons (Fsp3) is 0.467. The number of H-pyrrole nitrogens is 1. The largest absolute Gasteiger partial charge is 0.429 e. The van der Waals surface area contributed by atoms with Crippen molar-refractivity contribution in [3.05, 3.63) is 28.6 Å². The first kappa shape index (κ1) is 15.2. The third-order valence-electron chi connectivity index (χ3n) is 3.53. The van der Waals surface area contributed by atoms with E-state index in [1.165, 1.54) is 0 Å². The number of oxazole rings is 1. The van der Waals surface area contributed by atoms with Gasteiger partial charge in [0.25, 0.3) is 10.7 Å². The molecule has 6 nitrogen and oxygen atoms in total. The van der Waals surface area contributed by atoms with Gasteiger partial charge in [0.1, 0.15) is 0 Å². The monoisotopic (exact) mass is 322 g/mol. The van der Waals surface area contributed by atoms with Gasteiger partial charge in [0.05, 0.1) is 18.2 Å². The topological polar surface area (TPSA) is 76.5 Å². The smallest absolute Gasteiger partial charge is 0.266 e. The number of carbonyl (C=O) groups excluding carboxylic acids is 1. The molecule has 0 aliphatic carbocycles. The zero-order chi connectivity index (χ0) is 15.4. The molecule has 0 unspecified atom stereocenters. The number of hydrogen-bond donors (Lipinski definition) is 2. The van der Waals surface area contributed by atoms with E-state index in [0.717, 1.165) is 25.0 Å². The van der Waals surface area contributed by atoms with Gasteiger partial charge in [-0.05, 0) is 43.3 Å². The second kappa shape index (κ2) is 7.04. The van der Waals surface area contributed by atoms with Crippen LogP contribution in [0.25, 0.3) is 11.1 Å². The molecule has 3 rings (SSSR count). The van der Waals surface area contributed by atoms with Crippen LogP contribution in [0.3, 0.4) is 0 Å². The molecule has 1 aliphatic heterocycles. The van der Waals surface area contributed by atoms with Gasteiger partial charge in [0.2, 0.25) is 0 Å². The molecule has 1 fully saturated rings. The summed E-state index contributed by atoms with van der Waals surface area (Å²) in [5, 5.41) is 2.87. The van der Waals surface area contributed by atoms with Crippen LogP contribution in [-0.4, -0.2) is 43.4 Å². The summed E-state index contributed by atoms with van der Waals surface area (Å²) in [5.41, 5.74) is 1.92. The van der Waals surface area contributed by atoms with Crippen LogP contribution >= 0.6 is 12.2 Å². The van der Waals surface area contributed by atoms with E-state index in [1.54, 1.807) is 18.2 Å². The predicted molar refractivity (Wildman–Crippen MR) is 83.5 cm³/mol. The summed E-state index contributed by atoms with van der Waals surface area (Å²) in [5.74, 6) is -0.131. The van der Waals surface area contributed by atoms with Crippen LogP contribution in [0.1, 0.15) is 23.2 Å². The fourth-order valence-corrected chi connectivity index (χ4v) is 2.56. The Kier molecular flexibility index (Phi) is 4.87. The van der Waals surface area contributed by atoms with Gasteiger partial charge in [-0.3, -0.25) is 4.79 Å². The zero-order valence-corrected chi connectivity index (χ0v) is 12.9. The molecule has 0 saturated carbocycles. The van der Waals surface area contributed by atoms with Crippen molar-refractivity contribution in [3.8, 4) is 0 Å². The van der Waals surface area contributed by atoms with Crippen LogP contribution < -0.4 is 5.32 Å². The highest BCUT2D eigenvalue weighted by atomic mass is 32.1. The first-order chi connectivity index (χ1) is 10.7. The summed E-state index contributed by atoms with van der Waals surface area (Å²) in [4.78, 5) is 15.3. The first-order valence-electron chi connectivity index (χ1n) is 7.33. The van der Waals surface area contributed by atoms with Crippen LogP contribution in [0, 0.1) is 4.84 Å². The lowest BCUT2D eigenvalue weighted by Crippen LogP contribution is -2.26. The zero-order valence-electron chi connectivity index (χ0n) is 12.1. The van der Waals surface area contributed by atoms with E-state index in [9.17, 15) is 4.79 Å². The second-order valence-corrected chi connectivity index (χ2v) is 5.56. The Morgan fingerprint density at radius 1 is 1.50 bits per heavy atom. The summed E-state index contributed by atoms with van der Waals surface area (Å²) in [7, 11) is 0. The van der Waals surface area contributed by atoms with Crippen LogP contribution in [0.4, 0.5) is 0 Å². The number of ether oxygens (including phenoxy) is 2. The summed E-state index contributed by atoms with van der Waals surface area (Å²) in [6.07, 6.45) is 1.94. The van der Waals surface area contributed by atoms with E-state index in [0.29, 0.717) is 35.7 Å². The lowest BCUT2D eigenvalue weighted by molar-refractivity contribution is 0.0415. The third-order valence-corrected chi connectivity index (χ3v) is 3.72. The van der Waals surface area contributed by atoms with E-state index in [-0.39, 0.29) is 12.0 Å². The molecule has 1 saturated heterocycles. The van der Waals surface area contributed by atoms with Gasteiger partial charge in [0.15, 0.2) is 5.58 Å². The molecule has 0 radical (unpaired) electrons. The number of nitrogens with one attached hydrogen (secondary N) is 2. The van der Waals surface area contributed by atoms with Crippen molar-refractivity contribution < 1.29 is 18.7 Å². The maximum Gasteiger partial charge on any atom is 0.266 e. The highest BCUT2D eigenvalue weighted by Crippen LogP contribution is 2.15. The van der Waals surface area contributed by atoms with E-state index >= 15 is 0 Å². The van der Waals surface area contributed by atoms with Crippen molar-refractivity contribution in [1.29, 1.82) is 0 Å². The van der Waals surface area contributed by atoms with Gasteiger partial charge < -0.3 is 24.2 Å². The van der Waals surface area contributed by atoms with Gasteiger partial charge in [0, 0.05) is 25.3 Å². The molecule has 2 heterocycles. The Labute approximate surface area is 132 Å².